The molecule has 1 aromatic rings. The van der Waals surface area contributed by atoms with Gasteiger partial charge >= 0.3 is 0 Å². The zero-order chi connectivity index (χ0) is 10.7. The molecule has 1 aliphatic carbocycles. The van der Waals surface area contributed by atoms with E-state index in [2.05, 4.69) is 11.6 Å². The third-order valence-electron chi connectivity index (χ3n) is 2.96. The molecule has 15 heavy (non-hydrogen) atoms. The van der Waals surface area contributed by atoms with Gasteiger partial charge in [-0.25, -0.2) is 0 Å². The van der Waals surface area contributed by atoms with Crippen LogP contribution < -0.4 is 0 Å². The normalized spacial score (nSPS) is 15.7. The van der Waals surface area contributed by atoms with Crippen molar-refractivity contribution in [2.24, 2.45) is 5.92 Å². The molecule has 0 aromatic carbocycles. The molecule has 0 N–H and O–H groups in total. The maximum absolute atomic E-state index is 12.0. The van der Waals surface area contributed by atoms with Crippen LogP contribution in [0.15, 0.2) is 31.0 Å². The first-order chi connectivity index (χ1) is 7.33. The molecular weight excluding hydrogens is 186 g/mol. The zero-order valence-electron chi connectivity index (χ0n) is 8.78. The summed E-state index contributed by atoms with van der Waals surface area (Å²) in [5.41, 5.74) is 1.66. The van der Waals surface area contributed by atoms with Crippen molar-refractivity contribution in [1.29, 1.82) is 0 Å². The SMILES string of the molecule is C=CCc1cccnc1C(=O)C1CCC1. The van der Waals surface area contributed by atoms with Gasteiger partial charge in [0.25, 0.3) is 0 Å². The van der Waals surface area contributed by atoms with E-state index in [1.165, 1.54) is 6.42 Å². The standard InChI is InChI=1S/C13H15NO/c1-2-5-10-8-4-9-14-12(10)13(15)11-6-3-7-11/h2,4,8-9,11H,1,3,5-7H2. The summed E-state index contributed by atoms with van der Waals surface area (Å²) in [6.07, 6.45) is 7.47. The predicted molar refractivity (Wildman–Crippen MR) is 59.8 cm³/mol. The largest absolute Gasteiger partial charge is 0.292 e. The fourth-order valence-corrected chi connectivity index (χ4v) is 1.84. The summed E-state index contributed by atoms with van der Waals surface area (Å²) in [6, 6.07) is 3.83. The quantitative estimate of drug-likeness (QED) is 0.554. The summed E-state index contributed by atoms with van der Waals surface area (Å²) < 4.78 is 0. The van der Waals surface area contributed by atoms with E-state index < -0.39 is 0 Å². The van der Waals surface area contributed by atoms with Crippen molar-refractivity contribution in [3.8, 4) is 0 Å². The molecule has 2 nitrogen and oxygen atoms in total. The van der Waals surface area contributed by atoms with Crippen molar-refractivity contribution in [3.63, 3.8) is 0 Å². The van der Waals surface area contributed by atoms with Gasteiger partial charge in [-0.1, -0.05) is 18.6 Å². The van der Waals surface area contributed by atoms with Crippen LogP contribution in [0, 0.1) is 5.92 Å². The van der Waals surface area contributed by atoms with Crippen molar-refractivity contribution in [2.75, 3.05) is 0 Å². The zero-order valence-corrected chi connectivity index (χ0v) is 8.78. The summed E-state index contributed by atoms with van der Waals surface area (Å²) in [6.45, 7) is 3.70. The number of carbonyl (C=O) groups is 1. The Morgan fingerprint density at radius 2 is 2.40 bits per heavy atom. The fourth-order valence-electron chi connectivity index (χ4n) is 1.84. The van der Waals surface area contributed by atoms with Crippen LogP contribution >= 0.6 is 0 Å². The van der Waals surface area contributed by atoms with Crippen LogP contribution in [0.4, 0.5) is 0 Å². The molecule has 1 aromatic heterocycles. The Bertz CT molecular complexity index is 380. The lowest BCUT2D eigenvalue weighted by Crippen LogP contribution is -2.23. The van der Waals surface area contributed by atoms with Gasteiger partial charge in [0.1, 0.15) is 5.69 Å². The molecule has 0 unspecified atom stereocenters. The number of aromatic nitrogens is 1. The number of Topliss-reactive ketones (excluding diaryl/α,β-unsaturated/α-hetero) is 1. The molecule has 1 fully saturated rings. The highest BCUT2D eigenvalue weighted by atomic mass is 16.1. The molecule has 1 heterocycles. The van der Waals surface area contributed by atoms with Crippen LogP contribution in [0.2, 0.25) is 0 Å². The maximum Gasteiger partial charge on any atom is 0.184 e. The number of carbonyl (C=O) groups excluding carboxylic acids is 1. The number of nitrogens with zero attached hydrogens (tertiary/aromatic N) is 1. The monoisotopic (exact) mass is 201 g/mol. The fraction of sp³-hybridized carbons (Fsp3) is 0.385. The van der Waals surface area contributed by atoms with E-state index in [0.717, 1.165) is 24.8 Å². The Morgan fingerprint density at radius 3 is 3.00 bits per heavy atom. The number of allylic oxidation sites excluding steroid dienone is 1. The van der Waals surface area contributed by atoms with Crippen LogP contribution in [0.1, 0.15) is 35.3 Å². The minimum absolute atomic E-state index is 0.221. The maximum atomic E-state index is 12.0. The lowest BCUT2D eigenvalue weighted by Gasteiger charge is -2.24. The van der Waals surface area contributed by atoms with Gasteiger partial charge in [-0.05, 0) is 30.9 Å². The van der Waals surface area contributed by atoms with E-state index in [9.17, 15) is 4.79 Å². The highest BCUT2D eigenvalue weighted by Gasteiger charge is 2.28. The Morgan fingerprint density at radius 1 is 1.60 bits per heavy atom. The molecule has 0 aliphatic heterocycles. The Hall–Kier alpha value is -1.44. The molecule has 0 amide bonds. The van der Waals surface area contributed by atoms with Crippen LogP contribution in [0.5, 0.6) is 0 Å². The average Bonchev–Trinajstić information content (AvgIpc) is 2.16. The second-order valence-corrected chi connectivity index (χ2v) is 4.00. The smallest absolute Gasteiger partial charge is 0.184 e. The molecule has 1 saturated carbocycles. The van der Waals surface area contributed by atoms with Crippen molar-refractivity contribution in [2.45, 2.75) is 25.7 Å². The Kier molecular flexibility index (Phi) is 2.95. The van der Waals surface area contributed by atoms with Crippen molar-refractivity contribution >= 4 is 5.78 Å². The van der Waals surface area contributed by atoms with Crippen molar-refractivity contribution in [1.82, 2.24) is 4.98 Å². The van der Waals surface area contributed by atoms with Crippen LogP contribution in [0.25, 0.3) is 0 Å². The first-order valence-corrected chi connectivity index (χ1v) is 5.42. The molecule has 2 rings (SSSR count). The van der Waals surface area contributed by atoms with Gasteiger partial charge in [0.05, 0.1) is 0 Å². The van der Waals surface area contributed by atoms with Crippen molar-refractivity contribution < 1.29 is 4.79 Å². The highest BCUT2D eigenvalue weighted by molar-refractivity contribution is 5.97. The second-order valence-electron chi connectivity index (χ2n) is 4.00. The van der Waals surface area contributed by atoms with E-state index in [-0.39, 0.29) is 11.7 Å². The van der Waals surface area contributed by atoms with Crippen LogP contribution in [-0.4, -0.2) is 10.8 Å². The Labute approximate surface area is 90.0 Å². The molecule has 78 valence electrons. The molecule has 0 radical (unpaired) electrons. The van der Waals surface area contributed by atoms with E-state index in [1.807, 2.05) is 18.2 Å². The average molecular weight is 201 g/mol. The molecule has 2 heteroatoms. The lowest BCUT2D eigenvalue weighted by molar-refractivity contribution is 0.0849. The first-order valence-electron chi connectivity index (χ1n) is 5.42. The number of hydrogen-bond acceptors (Lipinski definition) is 2. The van der Waals surface area contributed by atoms with Crippen LogP contribution in [-0.2, 0) is 6.42 Å². The molecule has 0 saturated heterocycles. The summed E-state index contributed by atoms with van der Waals surface area (Å²) in [7, 11) is 0. The predicted octanol–water partition coefficient (Wildman–Crippen LogP) is 2.79. The van der Waals surface area contributed by atoms with E-state index in [4.69, 9.17) is 0 Å². The topological polar surface area (TPSA) is 30.0 Å². The molecule has 0 spiro atoms. The lowest BCUT2D eigenvalue weighted by atomic mass is 9.80. The molecule has 0 atom stereocenters. The van der Waals surface area contributed by atoms with Crippen LogP contribution in [0.3, 0.4) is 0 Å². The number of hydrogen-bond donors (Lipinski definition) is 0. The van der Waals surface area contributed by atoms with Gasteiger partial charge in [-0.3, -0.25) is 9.78 Å². The third kappa shape index (κ3) is 1.99. The van der Waals surface area contributed by atoms with Gasteiger partial charge < -0.3 is 0 Å². The minimum Gasteiger partial charge on any atom is -0.292 e. The van der Waals surface area contributed by atoms with Gasteiger partial charge in [-0.15, -0.1) is 6.58 Å². The summed E-state index contributed by atoms with van der Waals surface area (Å²) >= 11 is 0. The Balaban J connectivity index is 2.24. The van der Waals surface area contributed by atoms with Gasteiger partial charge in [0, 0.05) is 12.1 Å². The molecular formula is C13H15NO. The minimum atomic E-state index is 0.221. The number of pyridine rings is 1. The second kappa shape index (κ2) is 4.39. The van der Waals surface area contributed by atoms with E-state index in [1.54, 1.807) is 6.20 Å². The number of ketones is 1. The van der Waals surface area contributed by atoms with E-state index >= 15 is 0 Å². The molecule has 1 aliphatic rings. The third-order valence-corrected chi connectivity index (χ3v) is 2.96. The van der Waals surface area contributed by atoms with Crippen molar-refractivity contribution in [3.05, 3.63) is 42.2 Å². The highest BCUT2D eigenvalue weighted by Crippen LogP contribution is 2.30. The van der Waals surface area contributed by atoms with Gasteiger partial charge in [-0.2, -0.15) is 0 Å². The van der Waals surface area contributed by atoms with Gasteiger partial charge in [0.2, 0.25) is 0 Å². The van der Waals surface area contributed by atoms with E-state index in [0.29, 0.717) is 5.69 Å². The summed E-state index contributed by atoms with van der Waals surface area (Å²) in [4.78, 5) is 16.2. The molecule has 0 bridgehead atoms. The van der Waals surface area contributed by atoms with Gasteiger partial charge in [0.15, 0.2) is 5.78 Å². The first kappa shape index (κ1) is 10.1. The summed E-state index contributed by atoms with van der Waals surface area (Å²) in [5.74, 6) is 0.446. The number of rotatable bonds is 4. The summed E-state index contributed by atoms with van der Waals surface area (Å²) in [5, 5.41) is 0.